The van der Waals surface area contributed by atoms with Crippen LogP contribution in [0.5, 0.6) is 0 Å². The van der Waals surface area contributed by atoms with Crippen molar-refractivity contribution < 1.29 is 4.79 Å². The predicted octanol–water partition coefficient (Wildman–Crippen LogP) is 4.95. The third kappa shape index (κ3) is 4.20. The lowest BCUT2D eigenvalue weighted by Gasteiger charge is -2.37. The molecule has 4 nitrogen and oxygen atoms in total. The highest BCUT2D eigenvalue weighted by atomic mass is 32.1. The third-order valence-corrected chi connectivity index (χ3v) is 6.55. The molecule has 0 N–H and O–H groups in total. The first kappa shape index (κ1) is 19.6. The van der Waals surface area contributed by atoms with Gasteiger partial charge in [-0.05, 0) is 49.6 Å². The minimum Gasteiger partial charge on any atom is -0.368 e. The predicted molar refractivity (Wildman–Crippen MR) is 121 cm³/mol. The van der Waals surface area contributed by atoms with Crippen LogP contribution in [-0.4, -0.2) is 42.0 Å². The Bertz CT molecular complexity index is 1000. The molecule has 2 heterocycles. The maximum absolute atomic E-state index is 13.0. The lowest BCUT2D eigenvalue weighted by molar-refractivity contribution is 0.0747. The summed E-state index contributed by atoms with van der Waals surface area (Å²) in [7, 11) is 0. The minimum absolute atomic E-state index is 0.115. The number of anilines is 1. The van der Waals surface area contributed by atoms with Crippen LogP contribution in [0.2, 0.25) is 0 Å². The van der Waals surface area contributed by atoms with Crippen LogP contribution in [0.4, 0.5) is 5.69 Å². The zero-order valence-corrected chi connectivity index (χ0v) is 18.1. The van der Waals surface area contributed by atoms with Crippen molar-refractivity contribution >= 4 is 22.9 Å². The number of benzene rings is 2. The summed E-state index contributed by atoms with van der Waals surface area (Å²) >= 11 is 1.69. The van der Waals surface area contributed by atoms with Gasteiger partial charge < -0.3 is 9.80 Å². The van der Waals surface area contributed by atoms with E-state index in [1.54, 1.807) is 11.3 Å². The van der Waals surface area contributed by atoms with Gasteiger partial charge in [0, 0.05) is 48.4 Å². The second kappa shape index (κ2) is 8.37. The van der Waals surface area contributed by atoms with E-state index in [0.29, 0.717) is 0 Å². The number of thiazole rings is 1. The number of carbonyl (C=O) groups is 1. The summed E-state index contributed by atoms with van der Waals surface area (Å²) in [5.74, 6) is 0.115. The van der Waals surface area contributed by atoms with Crippen molar-refractivity contribution in [3.8, 4) is 11.3 Å². The quantitative estimate of drug-likeness (QED) is 0.616. The largest absolute Gasteiger partial charge is 0.368 e. The van der Waals surface area contributed by atoms with Gasteiger partial charge in [-0.3, -0.25) is 4.79 Å². The zero-order chi connectivity index (χ0) is 20.4. The SMILES string of the molecule is CCc1nc(-c2ccc(C(=O)N3CCN(c4cc(C)ccc4C)CC3)cc2)cs1. The summed E-state index contributed by atoms with van der Waals surface area (Å²) in [6.07, 6.45) is 0.954. The van der Waals surface area contributed by atoms with Gasteiger partial charge in [0.15, 0.2) is 0 Å². The molecule has 0 radical (unpaired) electrons. The van der Waals surface area contributed by atoms with Gasteiger partial charge in [0.05, 0.1) is 10.7 Å². The summed E-state index contributed by atoms with van der Waals surface area (Å²) in [5, 5.41) is 3.23. The molecule has 29 heavy (non-hydrogen) atoms. The van der Waals surface area contributed by atoms with E-state index < -0.39 is 0 Å². The maximum atomic E-state index is 13.0. The lowest BCUT2D eigenvalue weighted by Crippen LogP contribution is -2.49. The van der Waals surface area contributed by atoms with E-state index in [-0.39, 0.29) is 5.91 Å². The Balaban J connectivity index is 1.41. The van der Waals surface area contributed by atoms with Crippen LogP contribution in [0.15, 0.2) is 47.8 Å². The first-order chi connectivity index (χ1) is 14.0. The van der Waals surface area contributed by atoms with E-state index in [9.17, 15) is 4.79 Å². The minimum atomic E-state index is 0.115. The molecule has 0 saturated carbocycles. The van der Waals surface area contributed by atoms with E-state index in [1.807, 2.05) is 29.2 Å². The van der Waals surface area contributed by atoms with Crippen LogP contribution in [0.25, 0.3) is 11.3 Å². The molecule has 1 saturated heterocycles. The molecule has 150 valence electrons. The van der Waals surface area contributed by atoms with Crippen LogP contribution in [-0.2, 0) is 6.42 Å². The average Bonchev–Trinajstić information content (AvgIpc) is 3.24. The van der Waals surface area contributed by atoms with Crippen LogP contribution >= 0.6 is 11.3 Å². The monoisotopic (exact) mass is 405 g/mol. The van der Waals surface area contributed by atoms with Gasteiger partial charge in [-0.2, -0.15) is 0 Å². The molecule has 0 atom stereocenters. The zero-order valence-electron chi connectivity index (χ0n) is 17.3. The fraction of sp³-hybridized carbons (Fsp3) is 0.333. The highest BCUT2D eigenvalue weighted by Crippen LogP contribution is 2.25. The van der Waals surface area contributed by atoms with Gasteiger partial charge in [0.2, 0.25) is 0 Å². The molecule has 1 aliphatic rings. The number of aromatic nitrogens is 1. The van der Waals surface area contributed by atoms with Crippen molar-refractivity contribution in [3.63, 3.8) is 0 Å². The van der Waals surface area contributed by atoms with Crippen molar-refractivity contribution in [1.82, 2.24) is 9.88 Å². The van der Waals surface area contributed by atoms with Crippen LogP contribution in [0.3, 0.4) is 0 Å². The van der Waals surface area contributed by atoms with Gasteiger partial charge >= 0.3 is 0 Å². The molecule has 3 aromatic rings. The van der Waals surface area contributed by atoms with Crippen molar-refractivity contribution in [2.24, 2.45) is 0 Å². The first-order valence-electron chi connectivity index (χ1n) is 10.2. The number of hydrogen-bond acceptors (Lipinski definition) is 4. The van der Waals surface area contributed by atoms with Gasteiger partial charge in [-0.25, -0.2) is 4.98 Å². The Labute approximate surface area is 176 Å². The van der Waals surface area contributed by atoms with Crippen molar-refractivity contribution in [2.45, 2.75) is 27.2 Å². The van der Waals surface area contributed by atoms with Crippen LogP contribution < -0.4 is 4.90 Å². The molecule has 1 amide bonds. The summed E-state index contributed by atoms with van der Waals surface area (Å²) < 4.78 is 0. The number of aryl methyl sites for hydroxylation is 3. The normalized spacial score (nSPS) is 14.3. The Morgan fingerprint density at radius 2 is 1.76 bits per heavy atom. The van der Waals surface area contributed by atoms with Gasteiger partial charge in [-0.15, -0.1) is 11.3 Å². The molecule has 2 aromatic carbocycles. The highest BCUT2D eigenvalue weighted by molar-refractivity contribution is 7.09. The molecule has 5 heteroatoms. The fourth-order valence-electron chi connectivity index (χ4n) is 3.78. The Morgan fingerprint density at radius 1 is 1.03 bits per heavy atom. The van der Waals surface area contributed by atoms with Gasteiger partial charge in [-0.1, -0.05) is 31.2 Å². The molecule has 1 fully saturated rings. The molecule has 4 rings (SSSR count). The van der Waals surface area contributed by atoms with Crippen molar-refractivity contribution in [3.05, 3.63) is 69.5 Å². The Morgan fingerprint density at radius 3 is 2.41 bits per heavy atom. The molecular formula is C24H27N3OS. The topological polar surface area (TPSA) is 36.4 Å². The maximum Gasteiger partial charge on any atom is 0.253 e. The molecular weight excluding hydrogens is 378 g/mol. The molecule has 0 aliphatic carbocycles. The number of carbonyl (C=O) groups excluding carboxylic acids is 1. The number of rotatable bonds is 4. The van der Waals surface area contributed by atoms with E-state index in [0.717, 1.165) is 54.4 Å². The van der Waals surface area contributed by atoms with Crippen molar-refractivity contribution in [2.75, 3.05) is 31.1 Å². The van der Waals surface area contributed by atoms with E-state index >= 15 is 0 Å². The number of amides is 1. The second-order valence-corrected chi connectivity index (χ2v) is 8.57. The molecule has 0 spiro atoms. The van der Waals surface area contributed by atoms with Crippen LogP contribution in [0.1, 0.15) is 33.4 Å². The molecule has 1 aromatic heterocycles. The average molecular weight is 406 g/mol. The smallest absolute Gasteiger partial charge is 0.253 e. The second-order valence-electron chi connectivity index (χ2n) is 7.63. The van der Waals surface area contributed by atoms with E-state index in [1.165, 1.54) is 16.8 Å². The highest BCUT2D eigenvalue weighted by Gasteiger charge is 2.23. The summed E-state index contributed by atoms with van der Waals surface area (Å²) in [5.41, 5.74) is 6.66. The number of piperazine rings is 1. The summed E-state index contributed by atoms with van der Waals surface area (Å²) in [6.45, 7) is 9.63. The molecule has 0 unspecified atom stereocenters. The Hall–Kier alpha value is -2.66. The third-order valence-electron chi connectivity index (χ3n) is 5.55. The summed E-state index contributed by atoms with van der Waals surface area (Å²) in [4.78, 5) is 21.9. The fourth-order valence-corrected chi connectivity index (χ4v) is 4.54. The van der Waals surface area contributed by atoms with Crippen molar-refractivity contribution in [1.29, 1.82) is 0 Å². The van der Waals surface area contributed by atoms with Gasteiger partial charge in [0.25, 0.3) is 5.91 Å². The lowest BCUT2D eigenvalue weighted by atomic mass is 10.1. The van der Waals surface area contributed by atoms with E-state index in [2.05, 4.69) is 54.2 Å². The molecule has 0 bridgehead atoms. The van der Waals surface area contributed by atoms with Gasteiger partial charge in [0.1, 0.15) is 0 Å². The standard InChI is InChI=1S/C24H27N3OS/c1-4-23-25-21(16-29-23)19-7-9-20(10-8-19)24(28)27-13-11-26(12-14-27)22-15-17(2)5-6-18(22)3/h5-10,15-16H,4,11-14H2,1-3H3. The first-order valence-corrected chi connectivity index (χ1v) is 11.1. The van der Waals surface area contributed by atoms with E-state index in [4.69, 9.17) is 0 Å². The molecule has 1 aliphatic heterocycles. The summed E-state index contributed by atoms with van der Waals surface area (Å²) in [6, 6.07) is 14.4. The Kier molecular flexibility index (Phi) is 5.67. The number of nitrogens with zero attached hydrogens (tertiary/aromatic N) is 3. The van der Waals surface area contributed by atoms with Crippen LogP contribution in [0, 0.1) is 13.8 Å². The number of hydrogen-bond donors (Lipinski definition) is 0.